The summed E-state index contributed by atoms with van der Waals surface area (Å²) < 4.78 is 4.60. The average Bonchev–Trinajstić information content (AvgIpc) is 2.01. The highest BCUT2D eigenvalue weighted by Gasteiger charge is 2.45. The first-order valence-corrected chi connectivity index (χ1v) is 3.77. The molecule has 1 saturated heterocycles. The first-order valence-electron chi connectivity index (χ1n) is 3.77. The second-order valence-corrected chi connectivity index (χ2v) is 3.21. The van der Waals surface area contributed by atoms with Crippen LogP contribution in [0, 0.1) is 5.41 Å². The van der Waals surface area contributed by atoms with E-state index in [9.17, 15) is 9.59 Å². The SMILES string of the molecule is CCC(=O)CC1(C)COC1=O. The fraction of sp³-hybridized carbons (Fsp3) is 0.750. The molecule has 1 atom stereocenters. The molecule has 0 aromatic carbocycles. The van der Waals surface area contributed by atoms with Crippen LogP contribution < -0.4 is 0 Å². The molecule has 0 radical (unpaired) electrons. The van der Waals surface area contributed by atoms with Crippen LogP contribution in [0.1, 0.15) is 26.7 Å². The van der Waals surface area contributed by atoms with Gasteiger partial charge in [0.2, 0.25) is 0 Å². The van der Waals surface area contributed by atoms with Crippen LogP contribution in [0.5, 0.6) is 0 Å². The van der Waals surface area contributed by atoms with Gasteiger partial charge in [-0.3, -0.25) is 9.59 Å². The minimum Gasteiger partial charge on any atom is -0.464 e. The number of esters is 1. The first-order chi connectivity index (χ1) is 5.08. The van der Waals surface area contributed by atoms with E-state index in [0.717, 1.165) is 0 Å². The van der Waals surface area contributed by atoms with Crippen molar-refractivity contribution in [1.29, 1.82) is 0 Å². The largest absolute Gasteiger partial charge is 0.464 e. The van der Waals surface area contributed by atoms with E-state index in [1.807, 2.05) is 0 Å². The molecule has 11 heavy (non-hydrogen) atoms. The molecule has 1 aliphatic heterocycles. The van der Waals surface area contributed by atoms with Gasteiger partial charge in [-0.1, -0.05) is 6.92 Å². The summed E-state index contributed by atoms with van der Waals surface area (Å²) in [4.78, 5) is 21.8. The molecule has 0 bridgehead atoms. The molecule has 0 aromatic heterocycles. The molecule has 1 fully saturated rings. The normalized spacial score (nSPS) is 29.1. The van der Waals surface area contributed by atoms with Crippen molar-refractivity contribution >= 4 is 11.8 Å². The Bertz CT molecular complexity index is 198. The third-order valence-electron chi connectivity index (χ3n) is 2.00. The molecular formula is C8H12O3. The minimum atomic E-state index is -0.507. The van der Waals surface area contributed by atoms with Crippen LogP contribution in [-0.2, 0) is 14.3 Å². The topological polar surface area (TPSA) is 43.4 Å². The number of carbonyl (C=O) groups is 2. The molecule has 1 aliphatic rings. The molecule has 0 aromatic rings. The van der Waals surface area contributed by atoms with Crippen LogP contribution in [-0.4, -0.2) is 18.4 Å². The molecule has 0 N–H and O–H groups in total. The lowest BCUT2D eigenvalue weighted by Crippen LogP contribution is -2.46. The molecule has 0 aliphatic carbocycles. The summed E-state index contributed by atoms with van der Waals surface area (Å²) >= 11 is 0. The zero-order chi connectivity index (χ0) is 8.48. The average molecular weight is 156 g/mol. The van der Waals surface area contributed by atoms with Crippen LogP contribution >= 0.6 is 0 Å². The monoisotopic (exact) mass is 156 g/mol. The van der Waals surface area contributed by atoms with E-state index in [0.29, 0.717) is 19.4 Å². The van der Waals surface area contributed by atoms with E-state index in [2.05, 4.69) is 4.74 Å². The van der Waals surface area contributed by atoms with Crippen LogP contribution in [0.25, 0.3) is 0 Å². The van der Waals surface area contributed by atoms with Crippen molar-refractivity contribution in [1.82, 2.24) is 0 Å². The van der Waals surface area contributed by atoms with Crippen LogP contribution in [0.4, 0.5) is 0 Å². The van der Waals surface area contributed by atoms with E-state index in [1.54, 1.807) is 13.8 Å². The van der Waals surface area contributed by atoms with Crippen LogP contribution in [0.2, 0.25) is 0 Å². The molecule has 0 amide bonds. The molecule has 3 heteroatoms. The second-order valence-electron chi connectivity index (χ2n) is 3.21. The standard InChI is InChI=1S/C8H12O3/c1-3-6(9)4-8(2)5-11-7(8)10/h3-5H2,1-2H3. The quantitative estimate of drug-likeness (QED) is 0.570. The van der Waals surface area contributed by atoms with E-state index in [1.165, 1.54) is 0 Å². The molecule has 0 spiro atoms. The van der Waals surface area contributed by atoms with Gasteiger partial charge in [0.15, 0.2) is 0 Å². The predicted molar refractivity (Wildman–Crippen MR) is 39.0 cm³/mol. The third-order valence-corrected chi connectivity index (χ3v) is 2.00. The van der Waals surface area contributed by atoms with Crippen molar-refractivity contribution in [2.45, 2.75) is 26.7 Å². The van der Waals surface area contributed by atoms with E-state index < -0.39 is 5.41 Å². The molecular weight excluding hydrogens is 144 g/mol. The van der Waals surface area contributed by atoms with Gasteiger partial charge in [0.25, 0.3) is 0 Å². The summed E-state index contributed by atoms with van der Waals surface area (Å²) in [7, 11) is 0. The number of cyclic esters (lactones) is 1. The lowest BCUT2D eigenvalue weighted by atomic mass is 9.82. The van der Waals surface area contributed by atoms with Crippen molar-refractivity contribution in [3.8, 4) is 0 Å². The van der Waals surface area contributed by atoms with E-state index >= 15 is 0 Å². The Balaban J connectivity index is 2.48. The molecule has 1 heterocycles. The Morgan fingerprint density at radius 3 is 2.64 bits per heavy atom. The summed E-state index contributed by atoms with van der Waals surface area (Å²) in [6.45, 7) is 3.97. The second kappa shape index (κ2) is 2.64. The number of ketones is 1. The van der Waals surface area contributed by atoms with Gasteiger partial charge in [0.05, 0.1) is 0 Å². The smallest absolute Gasteiger partial charge is 0.315 e. The van der Waals surface area contributed by atoms with Gasteiger partial charge >= 0.3 is 5.97 Å². The number of ether oxygens (including phenoxy) is 1. The number of carbonyl (C=O) groups excluding carboxylic acids is 2. The van der Waals surface area contributed by atoms with Gasteiger partial charge in [-0.25, -0.2) is 0 Å². The minimum absolute atomic E-state index is 0.129. The Kier molecular flexibility index (Phi) is 1.98. The Labute approximate surface area is 65.7 Å². The van der Waals surface area contributed by atoms with Crippen molar-refractivity contribution in [2.24, 2.45) is 5.41 Å². The maximum atomic E-state index is 11.0. The maximum absolute atomic E-state index is 11.0. The summed E-state index contributed by atoms with van der Waals surface area (Å²) in [6.07, 6.45) is 0.838. The van der Waals surface area contributed by atoms with Crippen molar-refractivity contribution < 1.29 is 14.3 Å². The van der Waals surface area contributed by atoms with Gasteiger partial charge in [-0.2, -0.15) is 0 Å². The number of Topliss-reactive ketones (excluding diaryl/α,β-unsaturated/α-hetero) is 1. The van der Waals surface area contributed by atoms with Crippen LogP contribution in [0.3, 0.4) is 0 Å². The number of hydrogen-bond acceptors (Lipinski definition) is 3. The molecule has 62 valence electrons. The fourth-order valence-electron chi connectivity index (χ4n) is 1.06. The zero-order valence-electron chi connectivity index (χ0n) is 6.85. The van der Waals surface area contributed by atoms with Crippen molar-refractivity contribution in [3.63, 3.8) is 0 Å². The molecule has 1 rings (SSSR count). The first kappa shape index (κ1) is 8.24. The van der Waals surface area contributed by atoms with Gasteiger partial charge < -0.3 is 4.74 Å². The highest BCUT2D eigenvalue weighted by atomic mass is 16.6. The molecule has 3 nitrogen and oxygen atoms in total. The number of hydrogen-bond donors (Lipinski definition) is 0. The van der Waals surface area contributed by atoms with Gasteiger partial charge in [0.1, 0.15) is 17.8 Å². The zero-order valence-corrected chi connectivity index (χ0v) is 6.85. The molecule has 0 saturated carbocycles. The number of rotatable bonds is 3. The van der Waals surface area contributed by atoms with Crippen LogP contribution in [0.15, 0.2) is 0 Å². The lowest BCUT2D eigenvalue weighted by molar-refractivity contribution is -0.184. The van der Waals surface area contributed by atoms with E-state index in [-0.39, 0.29) is 11.8 Å². The van der Waals surface area contributed by atoms with Gasteiger partial charge in [-0.05, 0) is 6.92 Å². The maximum Gasteiger partial charge on any atom is 0.315 e. The van der Waals surface area contributed by atoms with Gasteiger partial charge in [-0.15, -0.1) is 0 Å². The predicted octanol–water partition coefficient (Wildman–Crippen LogP) is 0.919. The highest BCUT2D eigenvalue weighted by molar-refractivity contribution is 5.89. The fourth-order valence-corrected chi connectivity index (χ4v) is 1.06. The highest BCUT2D eigenvalue weighted by Crippen LogP contribution is 2.32. The summed E-state index contributed by atoms with van der Waals surface area (Å²) in [5.74, 6) is -0.108. The van der Waals surface area contributed by atoms with E-state index in [4.69, 9.17) is 0 Å². The summed E-state index contributed by atoms with van der Waals surface area (Å²) in [5, 5.41) is 0. The van der Waals surface area contributed by atoms with Gasteiger partial charge in [0, 0.05) is 12.8 Å². The summed E-state index contributed by atoms with van der Waals surface area (Å²) in [6, 6.07) is 0. The Morgan fingerprint density at radius 1 is 1.73 bits per heavy atom. The van der Waals surface area contributed by atoms with Crippen molar-refractivity contribution in [2.75, 3.05) is 6.61 Å². The summed E-state index contributed by atoms with van der Waals surface area (Å²) in [5.41, 5.74) is -0.507. The Morgan fingerprint density at radius 2 is 2.36 bits per heavy atom. The van der Waals surface area contributed by atoms with Crippen molar-refractivity contribution in [3.05, 3.63) is 0 Å². The molecule has 1 unspecified atom stereocenters. The third kappa shape index (κ3) is 1.42. The Hall–Kier alpha value is -0.860. The lowest BCUT2D eigenvalue weighted by Gasteiger charge is -2.34.